The van der Waals surface area contributed by atoms with Gasteiger partial charge in [0.1, 0.15) is 35.4 Å². The van der Waals surface area contributed by atoms with Crippen LogP contribution in [0.2, 0.25) is 0 Å². The zero-order chi connectivity index (χ0) is 12.3. The minimum atomic E-state index is -1.03. The van der Waals surface area contributed by atoms with Crippen LogP contribution >= 0.6 is 0 Å². The molecule has 16 heavy (non-hydrogen) atoms. The minimum Gasteiger partial charge on any atom is -0.234 e. The van der Waals surface area contributed by atoms with Crippen LogP contribution in [0.25, 0.3) is 0 Å². The van der Waals surface area contributed by atoms with Crippen molar-refractivity contribution in [3.63, 3.8) is 0 Å². The fourth-order valence-electron chi connectivity index (χ4n) is 1.15. The summed E-state index contributed by atoms with van der Waals surface area (Å²) in [5, 5.41) is 44.3. The Morgan fingerprint density at radius 1 is 0.938 bits per heavy atom. The lowest BCUT2D eigenvalue weighted by molar-refractivity contribution is -0.543. The lowest BCUT2D eigenvalue weighted by Gasteiger charge is -1.91. The first-order valence-corrected chi connectivity index (χ1v) is 3.66. The van der Waals surface area contributed by atoms with Crippen molar-refractivity contribution >= 4 is 0 Å². The van der Waals surface area contributed by atoms with Crippen molar-refractivity contribution in [3.8, 4) is 24.3 Å². The Balaban J connectivity index is 3.93. The Kier molecular flexibility index (Phi) is 2.54. The van der Waals surface area contributed by atoms with E-state index in [-0.39, 0.29) is 4.68 Å². The highest BCUT2D eigenvalue weighted by atomic mass is 16.7. The van der Waals surface area contributed by atoms with Gasteiger partial charge >= 0.3 is 0 Å². The number of hydrogen-bond donors (Lipinski definition) is 0. The highest BCUT2D eigenvalue weighted by molar-refractivity contribution is 5.59. The molecule has 1 aromatic heterocycles. The zero-order valence-corrected chi connectivity index (χ0v) is 7.50. The van der Waals surface area contributed by atoms with Gasteiger partial charge in [0.25, 0.3) is 0 Å². The quantitative estimate of drug-likeness (QED) is 0.473. The number of rotatable bonds is 1. The van der Waals surface area contributed by atoms with Crippen LogP contribution in [0.4, 0.5) is 0 Å². The smallest absolute Gasteiger partial charge is 0.208 e. The van der Waals surface area contributed by atoms with E-state index in [1.165, 1.54) is 24.3 Å². The molecule has 0 spiro atoms. The summed E-state index contributed by atoms with van der Waals surface area (Å²) < 4.78 is 0.136. The van der Waals surface area contributed by atoms with Gasteiger partial charge in [-0.25, -0.2) is 10.1 Å². The maximum absolute atomic E-state index is 10.6. The normalized spacial score (nSPS) is 8.25. The van der Waals surface area contributed by atoms with E-state index in [2.05, 4.69) is 0 Å². The summed E-state index contributed by atoms with van der Waals surface area (Å²) in [5.41, 5.74) is -2.17. The van der Waals surface area contributed by atoms with Crippen LogP contribution in [0.1, 0.15) is 22.5 Å². The average molecular weight is 212 g/mol. The number of nitriles is 4. The van der Waals surface area contributed by atoms with Crippen molar-refractivity contribution in [2.75, 3.05) is 0 Å². The largest absolute Gasteiger partial charge is 0.234 e. The molecule has 74 valence electrons. The molecule has 1 aromatic rings. The molecular formula is C8N6O2. The van der Waals surface area contributed by atoms with E-state index in [1.807, 2.05) is 0 Å². The highest BCUT2D eigenvalue weighted by Crippen LogP contribution is 2.20. The molecule has 0 saturated heterocycles. The molecule has 1 heterocycles. The second-order valence-electron chi connectivity index (χ2n) is 2.44. The van der Waals surface area contributed by atoms with Crippen LogP contribution in [0.15, 0.2) is 0 Å². The predicted octanol–water partition coefficient (Wildman–Crippen LogP) is 0.0146. The summed E-state index contributed by atoms with van der Waals surface area (Å²) in [6, 6.07) is 5.83. The fourth-order valence-corrected chi connectivity index (χ4v) is 1.15. The summed E-state index contributed by atoms with van der Waals surface area (Å²) in [4.78, 5) is 10.6. The highest BCUT2D eigenvalue weighted by Gasteiger charge is 2.29. The van der Waals surface area contributed by atoms with Crippen molar-refractivity contribution in [2.45, 2.75) is 0 Å². The zero-order valence-electron chi connectivity index (χ0n) is 7.50. The molecule has 0 amide bonds. The maximum Gasteiger partial charge on any atom is 0.208 e. The molecule has 0 unspecified atom stereocenters. The van der Waals surface area contributed by atoms with Crippen LogP contribution in [0.5, 0.6) is 0 Å². The molecule has 0 atom stereocenters. The first kappa shape index (κ1) is 10.7. The van der Waals surface area contributed by atoms with Crippen molar-refractivity contribution in [1.29, 1.82) is 21.0 Å². The third-order valence-corrected chi connectivity index (χ3v) is 1.75. The maximum atomic E-state index is 10.6. The molecule has 0 aliphatic carbocycles. The number of hydrogen-bond acceptors (Lipinski definition) is 6. The standard InChI is InChI=1S/C8N6O2/c9-1-5-6(2-10)8(4-12)13(14(15)16)7(5)3-11. The van der Waals surface area contributed by atoms with Crippen LogP contribution in [0.3, 0.4) is 0 Å². The first-order valence-electron chi connectivity index (χ1n) is 3.66. The van der Waals surface area contributed by atoms with Gasteiger partial charge in [-0.2, -0.15) is 21.0 Å². The number of aromatic nitrogens is 1. The van der Waals surface area contributed by atoms with E-state index in [4.69, 9.17) is 21.0 Å². The summed E-state index contributed by atoms with van der Waals surface area (Å²) in [6.07, 6.45) is 0. The number of nitro groups is 1. The topological polar surface area (TPSA) is 143 Å². The molecule has 0 N–H and O–H groups in total. The molecule has 0 radical (unpaired) electrons. The van der Waals surface area contributed by atoms with E-state index in [9.17, 15) is 10.1 Å². The van der Waals surface area contributed by atoms with Crippen LogP contribution in [-0.4, -0.2) is 9.71 Å². The lowest BCUT2D eigenvalue weighted by Crippen LogP contribution is -2.13. The number of nitrogens with zero attached hydrogens (tertiary/aromatic N) is 6. The summed E-state index contributed by atoms with van der Waals surface area (Å²) >= 11 is 0. The lowest BCUT2D eigenvalue weighted by atomic mass is 10.1. The molecule has 0 fully saturated rings. The van der Waals surface area contributed by atoms with Gasteiger partial charge in [0.2, 0.25) is 11.4 Å². The van der Waals surface area contributed by atoms with Gasteiger partial charge in [-0.15, -0.1) is 0 Å². The second kappa shape index (κ2) is 3.79. The third-order valence-electron chi connectivity index (χ3n) is 1.75. The van der Waals surface area contributed by atoms with Gasteiger partial charge in [-0.05, 0) is 4.68 Å². The van der Waals surface area contributed by atoms with E-state index < -0.39 is 27.5 Å². The molecule has 1 rings (SSSR count). The van der Waals surface area contributed by atoms with Crippen molar-refractivity contribution < 1.29 is 5.03 Å². The van der Waals surface area contributed by atoms with E-state index in [1.54, 1.807) is 0 Å². The third kappa shape index (κ3) is 1.21. The predicted molar refractivity (Wildman–Crippen MR) is 45.7 cm³/mol. The molecule has 8 heteroatoms. The average Bonchev–Trinajstić information content (AvgIpc) is 2.60. The van der Waals surface area contributed by atoms with Crippen molar-refractivity contribution in [2.24, 2.45) is 0 Å². The molecule has 0 bridgehead atoms. The Hall–Kier alpha value is -3.36. The van der Waals surface area contributed by atoms with Gasteiger partial charge in [0, 0.05) is 0 Å². The van der Waals surface area contributed by atoms with Gasteiger partial charge < -0.3 is 0 Å². The Labute approximate surface area is 88.5 Å². The molecule has 0 aliphatic heterocycles. The Morgan fingerprint density at radius 2 is 1.31 bits per heavy atom. The fraction of sp³-hybridized carbons (Fsp3) is 0. The summed E-state index contributed by atoms with van der Waals surface area (Å²) in [7, 11) is 0. The Morgan fingerprint density at radius 3 is 1.50 bits per heavy atom. The first-order chi connectivity index (χ1) is 7.62. The minimum absolute atomic E-state index is 0.136. The molecule has 0 aliphatic rings. The molecule has 0 saturated carbocycles. The molecule has 0 aromatic carbocycles. The second-order valence-corrected chi connectivity index (χ2v) is 2.44. The molecular weight excluding hydrogens is 212 g/mol. The van der Waals surface area contributed by atoms with Crippen LogP contribution in [0, 0.1) is 55.4 Å². The van der Waals surface area contributed by atoms with Gasteiger partial charge in [-0.3, -0.25) is 0 Å². The molecule has 8 nitrogen and oxygen atoms in total. The monoisotopic (exact) mass is 212 g/mol. The van der Waals surface area contributed by atoms with Crippen molar-refractivity contribution in [1.82, 2.24) is 4.68 Å². The summed E-state index contributed by atoms with van der Waals surface area (Å²) in [5.74, 6) is 0. The van der Waals surface area contributed by atoms with E-state index >= 15 is 0 Å². The van der Waals surface area contributed by atoms with Crippen LogP contribution < -0.4 is 0 Å². The van der Waals surface area contributed by atoms with E-state index in [0.717, 1.165) is 0 Å². The van der Waals surface area contributed by atoms with Gasteiger partial charge in [0.05, 0.1) is 0 Å². The van der Waals surface area contributed by atoms with Crippen LogP contribution in [-0.2, 0) is 0 Å². The van der Waals surface area contributed by atoms with Crippen molar-refractivity contribution in [3.05, 3.63) is 32.6 Å². The van der Waals surface area contributed by atoms with Gasteiger partial charge in [0.15, 0.2) is 5.03 Å². The Bertz CT molecular complexity index is 593. The summed E-state index contributed by atoms with van der Waals surface area (Å²) in [6.45, 7) is 0. The van der Waals surface area contributed by atoms with E-state index in [0.29, 0.717) is 0 Å². The van der Waals surface area contributed by atoms with Gasteiger partial charge in [-0.1, -0.05) is 0 Å². The SMILES string of the molecule is N#Cc1c(C#N)c(C#N)n([N+](=O)[O-])c1C#N.